The van der Waals surface area contributed by atoms with Crippen LogP contribution in [0.1, 0.15) is 5.56 Å². The van der Waals surface area contributed by atoms with Crippen molar-refractivity contribution < 1.29 is 0 Å². The number of rotatable bonds is 5. The zero-order chi connectivity index (χ0) is 30.2. The number of hydrogen-bond donors (Lipinski definition) is 0. The molecule has 0 saturated heterocycles. The van der Waals surface area contributed by atoms with E-state index in [1.165, 1.54) is 0 Å². The molecule has 0 bridgehead atoms. The molecule has 0 fully saturated rings. The molecule has 5 aromatic carbocycles. The predicted octanol–water partition coefficient (Wildman–Crippen LogP) is 9.61. The normalized spacial score (nSPS) is 11.2. The molecule has 5 heteroatoms. The minimum Gasteiger partial charge on any atom is -0.245 e. The largest absolute Gasteiger partial charge is 0.245 e. The van der Waals surface area contributed by atoms with E-state index < -0.39 is 0 Å². The minimum atomic E-state index is 0.626. The molecule has 0 spiro atoms. The van der Waals surface area contributed by atoms with Gasteiger partial charge in [-0.05, 0) is 24.6 Å². The summed E-state index contributed by atoms with van der Waals surface area (Å²) < 4.78 is 0. The van der Waals surface area contributed by atoms with Crippen LogP contribution in [0.3, 0.4) is 0 Å². The lowest BCUT2D eigenvalue weighted by Gasteiger charge is -2.11. The maximum atomic E-state index is 5.18. The fraction of sp³-hybridized carbons (Fsp3) is 0.0250. The molecule has 212 valence electrons. The highest BCUT2D eigenvalue weighted by Gasteiger charge is 2.14. The van der Waals surface area contributed by atoms with Gasteiger partial charge in [0.1, 0.15) is 0 Å². The molecule has 0 saturated carbocycles. The second-order valence-corrected chi connectivity index (χ2v) is 11.0. The minimum absolute atomic E-state index is 0.626. The van der Waals surface area contributed by atoms with E-state index in [0.717, 1.165) is 66.6 Å². The molecule has 45 heavy (non-hydrogen) atoms. The number of pyridine rings is 2. The Hall–Kier alpha value is -6.07. The van der Waals surface area contributed by atoms with Crippen molar-refractivity contribution >= 4 is 21.8 Å². The topological polar surface area (TPSA) is 64.5 Å². The lowest BCUT2D eigenvalue weighted by molar-refractivity contribution is 1.07. The van der Waals surface area contributed by atoms with Gasteiger partial charge in [0, 0.05) is 38.6 Å². The van der Waals surface area contributed by atoms with Gasteiger partial charge >= 0.3 is 0 Å². The third-order valence-corrected chi connectivity index (χ3v) is 8.05. The molecule has 8 rings (SSSR count). The van der Waals surface area contributed by atoms with Crippen LogP contribution >= 0.6 is 0 Å². The molecule has 0 aliphatic heterocycles. The fourth-order valence-corrected chi connectivity index (χ4v) is 5.69. The SMILES string of the molecule is Cc1cc(-c2ccc(-c3nc(-c4ccccc4)nc(-c4ccccc4)n3)cc2)nc2c1ccc1ccc(-c3ccccc3)nc12. The van der Waals surface area contributed by atoms with Crippen LogP contribution in [0.5, 0.6) is 0 Å². The number of hydrogen-bond acceptors (Lipinski definition) is 5. The first-order valence-electron chi connectivity index (χ1n) is 14.9. The van der Waals surface area contributed by atoms with E-state index >= 15 is 0 Å². The Kier molecular flexibility index (Phi) is 6.61. The Morgan fingerprint density at radius 3 is 1.38 bits per heavy atom. The molecule has 3 aromatic heterocycles. The summed E-state index contributed by atoms with van der Waals surface area (Å²) in [5.74, 6) is 1.91. The second kappa shape index (κ2) is 11.2. The van der Waals surface area contributed by atoms with Gasteiger partial charge < -0.3 is 0 Å². The first-order chi connectivity index (χ1) is 22.2. The van der Waals surface area contributed by atoms with Crippen LogP contribution in [0.15, 0.2) is 146 Å². The summed E-state index contributed by atoms with van der Waals surface area (Å²) in [4.78, 5) is 24.8. The van der Waals surface area contributed by atoms with E-state index in [0.29, 0.717) is 17.5 Å². The molecule has 5 nitrogen and oxygen atoms in total. The first-order valence-corrected chi connectivity index (χ1v) is 14.9. The molecule has 8 aromatic rings. The number of benzene rings is 5. The van der Waals surface area contributed by atoms with Crippen molar-refractivity contribution in [2.75, 3.05) is 0 Å². The van der Waals surface area contributed by atoms with Crippen LogP contribution in [-0.2, 0) is 0 Å². The average molecular weight is 578 g/mol. The van der Waals surface area contributed by atoms with E-state index in [9.17, 15) is 0 Å². The highest BCUT2D eigenvalue weighted by Crippen LogP contribution is 2.32. The molecule has 0 amide bonds. The monoisotopic (exact) mass is 577 g/mol. The van der Waals surface area contributed by atoms with Crippen LogP contribution in [0.25, 0.3) is 78.5 Å². The molecule has 0 aliphatic rings. The number of aromatic nitrogens is 5. The molecule has 0 radical (unpaired) electrons. The van der Waals surface area contributed by atoms with Crippen LogP contribution < -0.4 is 0 Å². The summed E-state index contributed by atoms with van der Waals surface area (Å²) in [7, 11) is 0. The van der Waals surface area contributed by atoms with Gasteiger partial charge in [-0.15, -0.1) is 0 Å². The number of nitrogens with zero attached hydrogens (tertiary/aromatic N) is 5. The van der Waals surface area contributed by atoms with Crippen LogP contribution in [0, 0.1) is 6.92 Å². The zero-order valence-electron chi connectivity index (χ0n) is 24.6. The Bertz CT molecular complexity index is 2240. The van der Waals surface area contributed by atoms with Crippen molar-refractivity contribution in [3.8, 4) is 56.7 Å². The van der Waals surface area contributed by atoms with Gasteiger partial charge in [-0.3, -0.25) is 0 Å². The van der Waals surface area contributed by atoms with Crippen LogP contribution in [0.2, 0.25) is 0 Å². The van der Waals surface area contributed by atoms with Gasteiger partial charge in [-0.2, -0.15) is 0 Å². The van der Waals surface area contributed by atoms with Gasteiger partial charge in [-0.25, -0.2) is 24.9 Å². The lowest BCUT2D eigenvalue weighted by atomic mass is 10.0. The molecular formula is C40H27N5. The predicted molar refractivity (Wildman–Crippen MR) is 182 cm³/mol. The number of aryl methyl sites for hydroxylation is 1. The summed E-state index contributed by atoms with van der Waals surface area (Å²) in [6.07, 6.45) is 0. The lowest BCUT2D eigenvalue weighted by Crippen LogP contribution is -2.00. The smallest absolute Gasteiger partial charge is 0.164 e. The Labute approximate surface area is 261 Å². The summed E-state index contributed by atoms with van der Waals surface area (Å²) >= 11 is 0. The summed E-state index contributed by atoms with van der Waals surface area (Å²) in [6.45, 7) is 2.13. The van der Waals surface area contributed by atoms with Crippen molar-refractivity contribution in [1.82, 2.24) is 24.9 Å². The standard InChI is InChI=1S/C40H27N5/c1-26-25-35(42-37-33(26)23-21-29-22-24-34(41-36(29)37)27-11-5-2-6-12-27)28-17-19-32(20-18-28)40-44-38(30-13-7-3-8-14-30)43-39(45-40)31-15-9-4-10-16-31/h2-25H,1H3. The van der Waals surface area contributed by atoms with Gasteiger partial charge in [0.15, 0.2) is 17.5 Å². The zero-order valence-corrected chi connectivity index (χ0v) is 24.6. The Balaban J connectivity index is 1.21. The fourth-order valence-electron chi connectivity index (χ4n) is 5.69. The average Bonchev–Trinajstić information content (AvgIpc) is 3.12. The van der Waals surface area contributed by atoms with Crippen molar-refractivity contribution in [3.05, 3.63) is 151 Å². The second-order valence-electron chi connectivity index (χ2n) is 11.0. The van der Waals surface area contributed by atoms with Crippen molar-refractivity contribution in [2.45, 2.75) is 6.92 Å². The maximum absolute atomic E-state index is 5.18. The molecule has 0 N–H and O–H groups in total. The van der Waals surface area contributed by atoms with E-state index in [1.807, 2.05) is 78.9 Å². The summed E-state index contributed by atoms with van der Waals surface area (Å²) in [6, 6.07) is 49.2. The van der Waals surface area contributed by atoms with Crippen molar-refractivity contribution in [1.29, 1.82) is 0 Å². The van der Waals surface area contributed by atoms with Gasteiger partial charge in [-0.1, -0.05) is 133 Å². The molecule has 0 unspecified atom stereocenters. The Morgan fingerprint density at radius 2 is 0.800 bits per heavy atom. The maximum Gasteiger partial charge on any atom is 0.164 e. The summed E-state index contributed by atoms with van der Waals surface area (Å²) in [5.41, 5.74) is 9.71. The summed E-state index contributed by atoms with van der Waals surface area (Å²) in [5, 5.41) is 2.17. The number of fused-ring (bicyclic) bond motifs is 3. The highest BCUT2D eigenvalue weighted by molar-refractivity contribution is 6.05. The van der Waals surface area contributed by atoms with Gasteiger partial charge in [0.25, 0.3) is 0 Å². The van der Waals surface area contributed by atoms with E-state index in [2.05, 4.69) is 73.7 Å². The van der Waals surface area contributed by atoms with E-state index in [1.54, 1.807) is 0 Å². The van der Waals surface area contributed by atoms with E-state index in [-0.39, 0.29) is 0 Å². The van der Waals surface area contributed by atoms with Crippen molar-refractivity contribution in [3.63, 3.8) is 0 Å². The first kappa shape index (κ1) is 26.5. The molecular weight excluding hydrogens is 550 g/mol. The van der Waals surface area contributed by atoms with E-state index in [4.69, 9.17) is 24.9 Å². The van der Waals surface area contributed by atoms with Crippen LogP contribution in [0.4, 0.5) is 0 Å². The highest BCUT2D eigenvalue weighted by atomic mass is 15.0. The molecule has 0 aliphatic carbocycles. The quantitative estimate of drug-likeness (QED) is 0.191. The van der Waals surface area contributed by atoms with Crippen LogP contribution in [-0.4, -0.2) is 24.9 Å². The van der Waals surface area contributed by atoms with Crippen molar-refractivity contribution in [2.24, 2.45) is 0 Å². The third kappa shape index (κ3) is 5.11. The molecule has 3 heterocycles. The van der Waals surface area contributed by atoms with Gasteiger partial charge in [0.2, 0.25) is 0 Å². The third-order valence-electron chi connectivity index (χ3n) is 8.05. The molecule has 0 atom stereocenters. The Morgan fingerprint density at radius 1 is 0.356 bits per heavy atom. The van der Waals surface area contributed by atoms with Gasteiger partial charge in [0.05, 0.1) is 22.4 Å².